The van der Waals surface area contributed by atoms with Crippen LogP contribution < -0.4 is 5.32 Å². The highest BCUT2D eigenvalue weighted by Crippen LogP contribution is 2.46. The zero-order valence-corrected chi connectivity index (χ0v) is 20.3. The molecule has 0 bridgehead atoms. The minimum absolute atomic E-state index is 0.119. The van der Waals surface area contributed by atoms with Crippen LogP contribution in [0.1, 0.15) is 57.6 Å². The number of carbonyl (C=O) groups excluding carboxylic acids is 3. The van der Waals surface area contributed by atoms with Crippen LogP contribution in [0, 0.1) is 28.9 Å². The number of dihydropyridines is 1. The quantitative estimate of drug-likeness (QED) is 0.288. The van der Waals surface area contributed by atoms with Gasteiger partial charge in [0.15, 0.2) is 5.78 Å². The van der Waals surface area contributed by atoms with Crippen LogP contribution in [-0.4, -0.2) is 35.9 Å². The van der Waals surface area contributed by atoms with E-state index in [0.29, 0.717) is 35.4 Å². The molecule has 1 aliphatic heterocycles. The van der Waals surface area contributed by atoms with Crippen LogP contribution in [0.3, 0.4) is 0 Å². The first kappa shape index (κ1) is 25.1. The van der Waals surface area contributed by atoms with Gasteiger partial charge in [-0.25, -0.2) is 4.79 Å². The highest BCUT2D eigenvalue weighted by atomic mass is 16.6. The first-order valence-electron chi connectivity index (χ1n) is 11.3. The summed E-state index contributed by atoms with van der Waals surface area (Å²) >= 11 is 0. The summed E-state index contributed by atoms with van der Waals surface area (Å²) in [7, 11) is 1.23. The van der Waals surface area contributed by atoms with Crippen LogP contribution in [0.5, 0.6) is 0 Å². The lowest BCUT2D eigenvalue weighted by Crippen LogP contribution is -2.43. The molecule has 0 amide bonds. The van der Waals surface area contributed by atoms with E-state index in [1.54, 1.807) is 39.8 Å². The molecule has 9 heteroatoms. The molecule has 1 aliphatic carbocycles. The summed E-state index contributed by atoms with van der Waals surface area (Å²) in [6, 6.07) is 4.65. The van der Waals surface area contributed by atoms with E-state index in [4.69, 9.17) is 9.47 Å². The van der Waals surface area contributed by atoms with Crippen molar-refractivity contribution in [2.24, 2.45) is 11.8 Å². The summed E-state index contributed by atoms with van der Waals surface area (Å²) in [5.41, 5.74) is 2.30. The normalized spacial score (nSPS) is 23.1. The maximum atomic E-state index is 13.7. The first-order valence-corrected chi connectivity index (χ1v) is 11.3. The molecule has 1 aromatic carbocycles. The summed E-state index contributed by atoms with van der Waals surface area (Å²) in [4.78, 5) is 50.6. The number of nitrogens with one attached hydrogen (secondary N) is 1. The second-order valence-corrected chi connectivity index (χ2v) is 8.96. The number of nitro benzene ring substituents is 1. The molecule has 4 atom stereocenters. The lowest BCUT2D eigenvalue weighted by molar-refractivity contribution is -0.385. The zero-order valence-electron chi connectivity index (χ0n) is 20.3. The standard InChI is InChI=1S/C25H30N2O7/c1-7-14(4)34-25(30)20-15(5)26-17-10-13(3)19(24(29)33-6)23(28)22(17)21(20)16-9-8-12(2)18(11-16)27(31)32/h8-9,11,13-14,19,21,26H,7,10H2,1-6H3/t13-,14+,19+,21+/m0/s1. The fraction of sp³-hybridized carbons (Fsp3) is 0.480. The van der Waals surface area contributed by atoms with Gasteiger partial charge in [0.05, 0.1) is 23.7 Å². The molecule has 0 spiro atoms. The second-order valence-electron chi connectivity index (χ2n) is 8.96. The fourth-order valence-electron chi connectivity index (χ4n) is 4.62. The maximum Gasteiger partial charge on any atom is 0.337 e. The van der Waals surface area contributed by atoms with E-state index < -0.39 is 34.5 Å². The smallest absolute Gasteiger partial charge is 0.337 e. The Morgan fingerprint density at radius 3 is 2.56 bits per heavy atom. The number of hydrogen-bond donors (Lipinski definition) is 1. The second kappa shape index (κ2) is 9.79. The van der Waals surface area contributed by atoms with Crippen LogP contribution in [-0.2, 0) is 23.9 Å². The van der Waals surface area contributed by atoms with Crippen molar-refractivity contribution in [3.8, 4) is 0 Å². The number of benzene rings is 1. The number of esters is 2. The van der Waals surface area contributed by atoms with E-state index in [0.717, 1.165) is 0 Å². The Kier molecular flexibility index (Phi) is 7.24. The summed E-state index contributed by atoms with van der Waals surface area (Å²) in [6.45, 7) is 8.78. The average molecular weight is 471 g/mol. The minimum atomic E-state index is -1.03. The summed E-state index contributed by atoms with van der Waals surface area (Å²) in [5, 5.41) is 14.8. The number of allylic oxidation sites excluding steroid dienone is 3. The maximum absolute atomic E-state index is 13.7. The molecule has 9 nitrogen and oxygen atoms in total. The zero-order chi connectivity index (χ0) is 25.3. The highest BCUT2D eigenvalue weighted by molar-refractivity contribution is 6.12. The van der Waals surface area contributed by atoms with Gasteiger partial charge in [-0.2, -0.15) is 0 Å². The summed E-state index contributed by atoms with van der Waals surface area (Å²) in [5.74, 6) is -3.98. The number of carbonyl (C=O) groups is 3. The van der Waals surface area contributed by atoms with Crippen LogP contribution in [0.2, 0.25) is 0 Å². The number of rotatable bonds is 6. The van der Waals surface area contributed by atoms with Crippen molar-refractivity contribution in [2.45, 2.75) is 59.5 Å². The van der Waals surface area contributed by atoms with Crippen molar-refractivity contribution in [1.29, 1.82) is 0 Å². The molecule has 182 valence electrons. The van der Waals surface area contributed by atoms with Gasteiger partial charge in [-0.3, -0.25) is 19.7 Å². The summed E-state index contributed by atoms with van der Waals surface area (Å²) in [6.07, 6.45) is 0.623. The van der Waals surface area contributed by atoms with Gasteiger partial charge < -0.3 is 14.8 Å². The Bertz CT molecular complexity index is 1120. The van der Waals surface area contributed by atoms with Crippen LogP contribution in [0.15, 0.2) is 40.7 Å². The van der Waals surface area contributed by atoms with E-state index in [9.17, 15) is 24.5 Å². The van der Waals surface area contributed by atoms with E-state index in [1.165, 1.54) is 13.2 Å². The molecular formula is C25H30N2O7. The molecule has 1 N–H and O–H groups in total. The molecule has 1 aromatic rings. The van der Waals surface area contributed by atoms with Gasteiger partial charge in [0, 0.05) is 34.5 Å². The van der Waals surface area contributed by atoms with Crippen molar-refractivity contribution < 1.29 is 28.8 Å². The highest BCUT2D eigenvalue weighted by Gasteiger charge is 2.47. The molecule has 0 radical (unpaired) electrons. The lowest BCUT2D eigenvalue weighted by Gasteiger charge is -2.38. The van der Waals surface area contributed by atoms with E-state index in [1.807, 2.05) is 6.92 Å². The molecule has 0 aromatic heterocycles. The Morgan fingerprint density at radius 1 is 1.29 bits per heavy atom. The predicted molar refractivity (Wildman–Crippen MR) is 124 cm³/mol. The van der Waals surface area contributed by atoms with Crippen molar-refractivity contribution in [3.63, 3.8) is 0 Å². The Morgan fingerprint density at radius 2 is 1.97 bits per heavy atom. The SMILES string of the molecule is CC[C@@H](C)OC(=O)C1=C(C)NC2=C(C(=O)[C@H](C(=O)OC)[C@@H](C)C2)[C@@H]1c1ccc(C)c([N+](=O)[O-])c1. The van der Waals surface area contributed by atoms with Gasteiger partial charge in [0.1, 0.15) is 5.92 Å². The van der Waals surface area contributed by atoms with Gasteiger partial charge >= 0.3 is 11.9 Å². The molecule has 0 unspecified atom stereocenters. The van der Waals surface area contributed by atoms with Crippen LogP contribution in [0.25, 0.3) is 0 Å². The molecular weight excluding hydrogens is 440 g/mol. The molecule has 34 heavy (non-hydrogen) atoms. The molecule has 3 rings (SSSR count). The van der Waals surface area contributed by atoms with Crippen molar-refractivity contribution >= 4 is 23.4 Å². The number of nitro groups is 1. The lowest BCUT2D eigenvalue weighted by atomic mass is 9.69. The number of aryl methyl sites for hydroxylation is 1. The van der Waals surface area contributed by atoms with Gasteiger partial charge in [-0.15, -0.1) is 0 Å². The van der Waals surface area contributed by atoms with Gasteiger partial charge in [-0.05, 0) is 45.1 Å². The topological polar surface area (TPSA) is 125 Å². The third kappa shape index (κ3) is 4.47. The predicted octanol–water partition coefficient (Wildman–Crippen LogP) is 3.86. The number of ether oxygens (including phenoxy) is 2. The third-order valence-corrected chi connectivity index (χ3v) is 6.61. The molecule has 2 aliphatic rings. The minimum Gasteiger partial charge on any atom is -0.468 e. The monoisotopic (exact) mass is 470 g/mol. The van der Waals surface area contributed by atoms with Crippen LogP contribution in [0.4, 0.5) is 5.69 Å². The van der Waals surface area contributed by atoms with Gasteiger partial charge in [0.25, 0.3) is 5.69 Å². The summed E-state index contributed by atoms with van der Waals surface area (Å²) < 4.78 is 10.5. The van der Waals surface area contributed by atoms with Crippen molar-refractivity contribution in [2.75, 3.05) is 7.11 Å². The third-order valence-electron chi connectivity index (χ3n) is 6.61. The number of ketones is 1. The van der Waals surface area contributed by atoms with Crippen LogP contribution >= 0.6 is 0 Å². The molecule has 1 heterocycles. The number of Topliss-reactive ketones (excluding diaryl/α,β-unsaturated/α-hetero) is 1. The van der Waals surface area contributed by atoms with E-state index >= 15 is 0 Å². The Hall–Kier alpha value is -3.49. The van der Waals surface area contributed by atoms with Gasteiger partial charge in [0.2, 0.25) is 0 Å². The molecule has 0 fully saturated rings. The fourth-order valence-corrected chi connectivity index (χ4v) is 4.62. The number of nitrogens with zero attached hydrogens (tertiary/aromatic N) is 1. The average Bonchev–Trinajstić information content (AvgIpc) is 2.77. The van der Waals surface area contributed by atoms with Gasteiger partial charge in [-0.1, -0.05) is 26.0 Å². The largest absolute Gasteiger partial charge is 0.468 e. The van der Waals surface area contributed by atoms with E-state index in [-0.39, 0.29) is 28.9 Å². The molecule has 0 saturated carbocycles. The van der Waals surface area contributed by atoms with Crippen molar-refractivity contribution in [1.82, 2.24) is 5.32 Å². The number of methoxy groups -OCH3 is 1. The Labute approximate surface area is 198 Å². The Balaban J connectivity index is 2.23. The first-order chi connectivity index (χ1) is 16.0. The van der Waals surface area contributed by atoms with Crippen molar-refractivity contribution in [3.05, 3.63) is 62.0 Å². The van der Waals surface area contributed by atoms with E-state index in [2.05, 4.69) is 5.32 Å². The number of hydrogen-bond acceptors (Lipinski definition) is 8. The molecule has 0 saturated heterocycles.